The molecular formula is C15H24N2. The Kier molecular flexibility index (Phi) is 4.99. The van der Waals surface area contributed by atoms with Gasteiger partial charge in [-0.05, 0) is 43.4 Å². The van der Waals surface area contributed by atoms with E-state index in [0.717, 1.165) is 24.8 Å². The second-order valence-corrected chi connectivity index (χ2v) is 5.41. The fourth-order valence-corrected chi connectivity index (χ4v) is 2.81. The van der Waals surface area contributed by atoms with E-state index < -0.39 is 0 Å². The smallest absolute Gasteiger partial charge is 0.0416 e. The van der Waals surface area contributed by atoms with Crippen LogP contribution in [0.15, 0.2) is 24.4 Å². The van der Waals surface area contributed by atoms with Gasteiger partial charge in [0, 0.05) is 24.9 Å². The Morgan fingerprint density at radius 3 is 3.06 bits per heavy atom. The van der Waals surface area contributed by atoms with Crippen molar-refractivity contribution in [2.45, 2.75) is 39.0 Å². The minimum Gasteiger partial charge on any atom is -0.316 e. The molecule has 0 aromatic carbocycles. The van der Waals surface area contributed by atoms with Crippen LogP contribution in [0.4, 0.5) is 0 Å². The summed E-state index contributed by atoms with van der Waals surface area (Å²) in [6, 6.07) is 6.13. The SMILES string of the molecule is CC1CCCC(CNCCc2ccccn2)C1. The molecule has 2 heteroatoms. The first-order valence-corrected chi connectivity index (χ1v) is 6.95. The highest BCUT2D eigenvalue weighted by Gasteiger charge is 2.17. The normalized spacial score (nSPS) is 24.8. The Bertz CT molecular complexity index is 310. The van der Waals surface area contributed by atoms with Gasteiger partial charge in [0.05, 0.1) is 0 Å². The van der Waals surface area contributed by atoms with E-state index in [1.807, 2.05) is 12.3 Å². The number of hydrogen-bond donors (Lipinski definition) is 1. The minimum atomic E-state index is 0.905. The minimum absolute atomic E-state index is 0.905. The first-order chi connectivity index (χ1) is 8.34. The molecule has 1 aliphatic carbocycles. The monoisotopic (exact) mass is 232 g/mol. The summed E-state index contributed by atoms with van der Waals surface area (Å²) in [7, 11) is 0. The number of aromatic nitrogens is 1. The Morgan fingerprint density at radius 1 is 1.35 bits per heavy atom. The van der Waals surface area contributed by atoms with Crippen LogP contribution in [0.2, 0.25) is 0 Å². The van der Waals surface area contributed by atoms with E-state index in [0.29, 0.717) is 0 Å². The summed E-state index contributed by atoms with van der Waals surface area (Å²) >= 11 is 0. The van der Waals surface area contributed by atoms with Gasteiger partial charge >= 0.3 is 0 Å². The fourth-order valence-electron chi connectivity index (χ4n) is 2.81. The van der Waals surface area contributed by atoms with E-state index >= 15 is 0 Å². The first-order valence-electron chi connectivity index (χ1n) is 6.95. The van der Waals surface area contributed by atoms with Crippen LogP contribution < -0.4 is 5.32 Å². The third kappa shape index (κ3) is 4.47. The van der Waals surface area contributed by atoms with Crippen LogP contribution in [-0.2, 0) is 6.42 Å². The molecule has 0 radical (unpaired) electrons. The van der Waals surface area contributed by atoms with E-state index in [9.17, 15) is 0 Å². The van der Waals surface area contributed by atoms with Crippen LogP contribution in [0.1, 0.15) is 38.3 Å². The van der Waals surface area contributed by atoms with Crippen LogP contribution in [0, 0.1) is 11.8 Å². The Balaban J connectivity index is 1.60. The molecule has 0 spiro atoms. The van der Waals surface area contributed by atoms with Crippen LogP contribution in [0.5, 0.6) is 0 Å². The van der Waals surface area contributed by atoms with E-state index in [1.54, 1.807) is 0 Å². The Labute approximate surface area is 105 Å². The maximum Gasteiger partial charge on any atom is 0.0416 e. The van der Waals surface area contributed by atoms with Gasteiger partial charge in [0.1, 0.15) is 0 Å². The van der Waals surface area contributed by atoms with Crippen molar-refractivity contribution >= 4 is 0 Å². The molecule has 1 aromatic rings. The lowest BCUT2D eigenvalue weighted by Crippen LogP contribution is -2.28. The fraction of sp³-hybridized carbons (Fsp3) is 0.667. The van der Waals surface area contributed by atoms with Crippen molar-refractivity contribution in [1.29, 1.82) is 0 Å². The molecule has 1 fully saturated rings. The largest absolute Gasteiger partial charge is 0.316 e. The summed E-state index contributed by atoms with van der Waals surface area (Å²) in [5.41, 5.74) is 1.19. The molecular weight excluding hydrogens is 208 g/mol. The molecule has 0 aliphatic heterocycles. The number of nitrogens with one attached hydrogen (secondary N) is 1. The van der Waals surface area contributed by atoms with E-state index in [-0.39, 0.29) is 0 Å². The van der Waals surface area contributed by atoms with Crippen molar-refractivity contribution < 1.29 is 0 Å². The Hall–Kier alpha value is -0.890. The zero-order valence-corrected chi connectivity index (χ0v) is 10.9. The van der Waals surface area contributed by atoms with Gasteiger partial charge in [-0.25, -0.2) is 0 Å². The predicted molar refractivity (Wildman–Crippen MR) is 71.9 cm³/mol. The molecule has 2 rings (SSSR count). The van der Waals surface area contributed by atoms with Crippen LogP contribution in [0.25, 0.3) is 0 Å². The molecule has 1 N–H and O–H groups in total. The zero-order valence-electron chi connectivity index (χ0n) is 10.9. The van der Waals surface area contributed by atoms with Crippen molar-refractivity contribution in [1.82, 2.24) is 10.3 Å². The number of pyridine rings is 1. The average Bonchev–Trinajstić information content (AvgIpc) is 2.36. The molecule has 17 heavy (non-hydrogen) atoms. The zero-order chi connectivity index (χ0) is 11.9. The lowest BCUT2D eigenvalue weighted by atomic mass is 9.82. The average molecular weight is 232 g/mol. The molecule has 1 aliphatic rings. The molecule has 94 valence electrons. The number of nitrogens with zero attached hydrogens (tertiary/aromatic N) is 1. The Morgan fingerprint density at radius 2 is 2.29 bits per heavy atom. The van der Waals surface area contributed by atoms with Crippen molar-refractivity contribution in [2.24, 2.45) is 11.8 Å². The molecule has 2 unspecified atom stereocenters. The standard InChI is InChI=1S/C15H24N2/c1-13-5-4-6-14(11-13)12-16-10-8-15-7-2-3-9-17-15/h2-3,7,9,13-14,16H,4-6,8,10-12H2,1H3. The van der Waals surface area contributed by atoms with Crippen molar-refractivity contribution in [3.05, 3.63) is 30.1 Å². The van der Waals surface area contributed by atoms with Gasteiger partial charge in [0.25, 0.3) is 0 Å². The quantitative estimate of drug-likeness (QED) is 0.789. The molecule has 0 bridgehead atoms. The highest BCUT2D eigenvalue weighted by molar-refractivity contribution is 5.03. The molecule has 2 nitrogen and oxygen atoms in total. The van der Waals surface area contributed by atoms with E-state index in [2.05, 4.69) is 29.4 Å². The lowest BCUT2D eigenvalue weighted by Gasteiger charge is -2.26. The molecule has 1 saturated carbocycles. The summed E-state index contributed by atoms with van der Waals surface area (Å²) < 4.78 is 0. The molecule has 2 atom stereocenters. The predicted octanol–water partition coefficient (Wildman–Crippen LogP) is 3.04. The maximum atomic E-state index is 4.34. The number of rotatable bonds is 5. The summed E-state index contributed by atoms with van der Waals surface area (Å²) in [6.07, 6.45) is 8.61. The third-order valence-corrected chi connectivity index (χ3v) is 3.76. The molecule has 1 heterocycles. The summed E-state index contributed by atoms with van der Waals surface area (Å²) in [5.74, 6) is 1.84. The molecule has 0 amide bonds. The third-order valence-electron chi connectivity index (χ3n) is 3.76. The van der Waals surface area contributed by atoms with Gasteiger partial charge < -0.3 is 5.32 Å². The van der Waals surface area contributed by atoms with Gasteiger partial charge in [0.15, 0.2) is 0 Å². The van der Waals surface area contributed by atoms with Gasteiger partial charge in [-0.2, -0.15) is 0 Å². The van der Waals surface area contributed by atoms with Crippen molar-refractivity contribution in [2.75, 3.05) is 13.1 Å². The summed E-state index contributed by atoms with van der Waals surface area (Å²) in [4.78, 5) is 4.34. The topological polar surface area (TPSA) is 24.9 Å². The number of hydrogen-bond acceptors (Lipinski definition) is 2. The van der Waals surface area contributed by atoms with Gasteiger partial charge in [0.2, 0.25) is 0 Å². The maximum absolute atomic E-state index is 4.34. The highest BCUT2D eigenvalue weighted by Crippen LogP contribution is 2.27. The van der Waals surface area contributed by atoms with Crippen molar-refractivity contribution in [3.8, 4) is 0 Å². The van der Waals surface area contributed by atoms with Crippen LogP contribution in [-0.4, -0.2) is 18.1 Å². The molecule has 0 saturated heterocycles. The summed E-state index contributed by atoms with van der Waals surface area (Å²) in [6.45, 7) is 4.64. The first kappa shape index (κ1) is 12.6. The second-order valence-electron chi connectivity index (χ2n) is 5.41. The van der Waals surface area contributed by atoms with Gasteiger partial charge in [-0.3, -0.25) is 4.98 Å². The van der Waals surface area contributed by atoms with Crippen LogP contribution >= 0.6 is 0 Å². The second kappa shape index (κ2) is 6.75. The van der Waals surface area contributed by atoms with E-state index in [1.165, 1.54) is 37.9 Å². The highest BCUT2D eigenvalue weighted by atomic mass is 14.9. The lowest BCUT2D eigenvalue weighted by molar-refractivity contribution is 0.275. The summed E-state index contributed by atoms with van der Waals surface area (Å²) in [5, 5.41) is 3.58. The van der Waals surface area contributed by atoms with Crippen molar-refractivity contribution in [3.63, 3.8) is 0 Å². The molecule has 1 aromatic heterocycles. The van der Waals surface area contributed by atoms with Gasteiger partial charge in [-0.15, -0.1) is 0 Å². The van der Waals surface area contributed by atoms with E-state index in [4.69, 9.17) is 0 Å². The van der Waals surface area contributed by atoms with Gasteiger partial charge in [-0.1, -0.05) is 25.8 Å². The van der Waals surface area contributed by atoms with Crippen LogP contribution in [0.3, 0.4) is 0 Å².